The SMILES string of the molecule is CN1COCc2ccc(N3CCO[C@H]([C@@H](O)C(=O)Nc4ccc(CNC(=O)OC(C)(C)C)cc4)C3=O)cc2C1. The van der Waals surface area contributed by atoms with E-state index < -0.39 is 35.7 Å². The quantitative estimate of drug-likeness (QED) is 0.509. The van der Waals surface area contributed by atoms with Crippen LogP contribution in [0.1, 0.15) is 37.5 Å². The molecule has 0 radical (unpaired) electrons. The van der Waals surface area contributed by atoms with E-state index in [1.54, 1.807) is 49.9 Å². The van der Waals surface area contributed by atoms with E-state index >= 15 is 0 Å². The molecule has 210 valence electrons. The lowest BCUT2D eigenvalue weighted by molar-refractivity contribution is -0.150. The highest BCUT2D eigenvalue weighted by atomic mass is 16.6. The molecule has 0 bridgehead atoms. The zero-order chi connectivity index (χ0) is 28.2. The first-order chi connectivity index (χ1) is 18.5. The Morgan fingerprint density at radius 2 is 1.90 bits per heavy atom. The van der Waals surface area contributed by atoms with E-state index in [9.17, 15) is 19.5 Å². The average Bonchev–Trinajstić information content (AvgIpc) is 3.07. The van der Waals surface area contributed by atoms with Gasteiger partial charge in [-0.3, -0.25) is 14.5 Å². The summed E-state index contributed by atoms with van der Waals surface area (Å²) in [5, 5.41) is 16.0. The number of alkyl carbamates (subject to hydrolysis) is 1. The molecule has 11 heteroatoms. The van der Waals surface area contributed by atoms with Crippen LogP contribution in [-0.4, -0.2) is 72.7 Å². The minimum Gasteiger partial charge on any atom is -0.444 e. The molecular formula is C28H36N4O7. The molecular weight excluding hydrogens is 504 g/mol. The topological polar surface area (TPSA) is 130 Å². The van der Waals surface area contributed by atoms with Crippen molar-refractivity contribution < 1.29 is 33.7 Å². The van der Waals surface area contributed by atoms with Gasteiger partial charge in [-0.2, -0.15) is 0 Å². The van der Waals surface area contributed by atoms with E-state index in [0.29, 0.717) is 37.8 Å². The molecule has 11 nitrogen and oxygen atoms in total. The number of amides is 3. The Morgan fingerprint density at radius 3 is 2.62 bits per heavy atom. The van der Waals surface area contributed by atoms with E-state index in [2.05, 4.69) is 10.6 Å². The Labute approximate surface area is 228 Å². The van der Waals surface area contributed by atoms with Crippen molar-refractivity contribution >= 4 is 29.3 Å². The molecule has 3 amide bonds. The fraction of sp³-hybridized carbons (Fsp3) is 0.464. The molecule has 2 aliphatic heterocycles. The minimum atomic E-state index is -1.70. The summed E-state index contributed by atoms with van der Waals surface area (Å²) in [6.45, 7) is 7.80. The van der Waals surface area contributed by atoms with Crippen LogP contribution in [0.15, 0.2) is 42.5 Å². The number of aliphatic hydroxyl groups is 1. The summed E-state index contributed by atoms with van der Waals surface area (Å²) < 4.78 is 16.4. The first kappa shape index (κ1) is 28.5. The summed E-state index contributed by atoms with van der Waals surface area (Å²) in [6.07, 6.45) is -3.56. The van der Waals surface area contributed by atoms with Crippen LogP contribution in [0.5, 0.6) is 0 Å². The molecule has 3 N–H and O–H groups in total. The number of hydrogen-bond acceptors (Lipinski definition) is 8. The summed E-state index contributed by atoms with van der Waals surface area (Å²) in [6, 6.07) is 12.5. The van der Waals surface area contributed by atoms with Crippen molar-refractivity contribution in [2.45, 2.75) is 58.3 Å². The van der Waals surface area contributed by atoms with Crippen molar-refractivity contribution in [3.05, 3.63) is 59.2 Å². The van der Waals surface area contributed by atoms with Crippen LogP contribution in [0, 0.1) is 0 Å². The van der Waals surface area contributed by atoms with Gasteiger partial charge in [0.1, 0.15) is 5.60 Å². The van der Waals surface area contributed by atoms with Crippen molar-refractivity contribution in [3.63, 3.8) is 0 Å². The van der Waals surface area contributed by atoms with Gasteiger partial charge in [-0.15, -0.1) is 0 Å². The normalized spacial score (nSPS) is 19.1. The summed E-state index contributed by atoms with van der Waals surface area (Å²) >= 11 is 0. The summed E-state index contributed by atoms with van der Waals surface area (Å²) in [4.78, 5) is 41.5. The van der Waals surface area contributed by atoms with Crippen LogP contribution < -0.4 is 15.5 Å². The summed E-state index contributed by atoms with van der Waals surface area (Å²) in [5.74, 6) is -1.24. The fourth-order valence-corrected chi connectivity index (χ4v) is 4.35. The zero-order valence-electron chi connectivity index (χ0n) is 22.7. The Kier molecular flexibility index (Phi) is 8.86. The number of nitrogens with one attached hydrogen (secondary N) is 2. The molecule has 0 unspecified atom stereocenters. The first-order valence-corrected chi connectivity index (χ1v) is 12.9. The second kappa shape index (κ2) is 12.1. The van der Waals surface area contributed by atoms with Gasteiger partial charge in [-0.05, 0) is 68.8 Å². The molecule has 1 fully saturated rings. The minimum absolute atomic E-state index is 0.181. The highest BCUT2D eigenvalue weighted by Crippen LogP contribution is 2.26. The molecule has 2 aromatic rings. The van der Waals surface area contributed by atoms with Crippen molar-refractivity contribution in [2.75, 3.05) is 37.1 Å². The largest absolute Gasteiger partial charge is 0.444 e. The van der Waals surface area contributed by atoms with Crippen molar-refractivity contribution in [1.29, 1.82) is 0 Å². The maximum absolute atomic E-state index is 13.3. The van der Waals surface area contributed by atoms with Gasteiger partial charge in [-0.25, -0.2) is 4.79 Å². The van der Waals surface area contributed by atoms with E-state index in [1.807, 2.05) is 30.1 Å². The number of hydrogen-bond donors (Lipinski definition) is 3. The van der Waals surface area contributed by atoms with Gasteiger partial charge in [0, 0.05) is 31.0 Å². The van der Waals surface area contributed by atoms with Gasteiger partial charge < -0.3 is 34.9 Å². The maximum atomic E-state index is 13.3. The Bertz CT molecular complexity index is 1200. The second-order valence-corrected chi connectivity index (χ2v) is 10.7. The zero-order valence-corrected chi connectivity index (χ0v) is 22.7. The number of carbonyl (C=O) groups is 3. The average molecular weight is 541 g/mol. The van der Waals surface area contributed by atoms with Crippen molar-refractivity contribution in [3.8, 4) is 0 Å². The van der Waals surface area contributed by atoms with E-state index in [1.165, 1.54) is 0 Å². The number of carbonyl (C=O) groups excluding carboxylic acids is 3. The number of benzene rings is 2. The molecule has 2 heterocycles. The lowest BCUT2D eigenvalue weighted by Crippen LogP contribution is -2.55. The maximum Gasteiger partial charge on any atom is 0.407 e. The highest BCUT2D eigenvalue weighted by Gasteiger charge is 2.39. The Balaban J connectivity index is 1.35. The van der Waals surface area contributed by atoms with Gasteiger partial charge in [0.05, 0.1) is 19.9 Å². The molecule has 39 heavy (non-hydrogen) atoms. The molecule has 0 aliphatic carbocycles. The van der Waals surface area contributed by atoms with E-state index in [4.69, 9.17) is 14.2 Å². The van der Waals surface area contributed by atoms with Gasteiger partial charge in [0.15, 0.2) is 12.2 Å². The van der Waals surface area contributed by atoms with Crippen LogP contribution in [0.4, 0.5) is 16.2 Å². The number of rotatable bonds is 6. The van der Waals surface area contributed by atoms with Gasteiger partial charge >= 0.3 is 6.09 Å². The smallest absolute Gasteiger partial charge is 0.407 e. The second-order valence-electron chi connectivity index (χ2n) is 10.7. The van der Waals surface area contributed by atoms with E-state index in [0.717, 1.165) is 16.7 Å². The molecule has 0 spiro atoms. The number of nitrogens with zero attached hydrogens (tertiary/aromatic N) is 2. The van der Waals surface area contributed by atoms with Crippen molar-refractivity contribution in [2.24, 2.45) is 0 Å². The highest BCUT2D eigenvalue weighted by molar-refractivity contribution is 6.03. The third-order valence-electron chi connectivity index (χ3n) is 6.25. The van der Waals surface area contributed by atoms with Gasteiger partial charge in [-0.1, -0.05) is 18.2 Å². The van der Waals surface area contributed by atoms with Gasteiger partial charge in [0.2, 0.25) is 0 Å². The summed E-state index contributed by atoms with van der Waals surface area (Å²) in [7, 11) is 1.96. The van der Waals surface area contributed by atoms with Crippen LogP contribution in [0.2, 0.25) is 0 Å². The lowest BCUT2D eigenvalue weighted by atomic mass is 10.0. The summed E-state index contributed by atoms with van der Waals surface area (Å²) in [5.41, 5.74) is 3.44. The Hall–Kier alpha value is -3.51. The number of fused-ring (bicyclic) bond motifs is 1. The Morgan fingerprint density at radius 1 is 1.15 bits per heavy atom. The monoisotopic (exact) mass is 540 g/mol. The van der Waals surface area contributed by atoms with Crippen LogP contribution in [0.3, 0.4) is 0 Å². The molecule has 0 saturated carbocycles. The molecule has 0 aromatic heterocycles. The fourth-order valence-electron chi connectivity index (χ4n) is 4.35. The van der Waals surface area contributed by atoms with Crippen molar-refractivity contribution in [1.82, 2.24) is 10.2 Å². The predicted molar refractivity (Wildman–Crippen MR) is 144 cm³/mol. The molecule has 4 rings (SSSR count). The number of anilines is 2. The molecule has 2 aromatic carbocycles. The molecule has 1 saturated heterocycles. The van der Waals surface area contributed by atoms with Crippen LogP contribution in [-0.2, 0) is 43.5 Å². The van der Waals surface area contributed by atoms with Crippen LogP contribution >= 0.6 is 0 Å². The number of ether oxygens (including phenoxy) is 3. The third kappa shape index (κ3) is 7.54. The molecule has 2 atom stereocenters. The van der Waals surface area contributed by atoms with E-state index in [-0.39, 0.29) is 13.2 Å². The number of aliphatic hydroxyl groups excluding tert-OH is 1. The number of morpholine rings is 1. The predicted octanol–water partition coefficient (Wildman–Crippen LogP) is 2.36. The van der Waals surface area contributed by atoms with Gasteiger partial charge in [0.25, 0.3) is 11.8 Å². The lowest BCUT2D eigenvalue weighted by Gasteiger charge is -2.34. The molecule has 2 aliphatic rings. The first-order valence-electron chi connectivity index (χ1n) is 12.9. The third-order valence-corrected chi connectivity index (χ3v) is 6.25. The van der Waals surface area contributed by atoms with Crippen LogP contribution in [0.25, 0.3) is 0 Å². The standard InChI is InChI=1S/C28H36N4O7/c1-28(2,3)39-27(36)29-14-18-5-8-21(9-6-18)30-25(34)23(33)24-26(35)32(11-12-38-24)22-10-7-19-16-37-17-31(4)15-20(19)13-22/h5-10,13,23-24,33H,11-12,14-17H2,1-4H3,(H,29,36)(H,30,34)/t23-,24-/m1/s1.